The number of phenolic OH excluding ortho intramolecular Hbond substituents is 1. The van der Waals surface area contributed by atoms with Gasteiger partial charge in [-0.2, -0.15) is 0 Å². The number of hydrogen-bond acceptors (Lipinski definition) is 3. The van der Waals surface area contributed by atoms with E-state index in [1.54, 1.807) is 0 Å². The Balaban J connectivity index is 3.79. The molecule has 3 nitrogen and oxygen atoms in total. The van der Waals surface area contributed by atoms with E-state index in [-0.39, 0.29) is 22.3 Å². The van der Waals surface area contributed by atoms with E-state index in [1.165, 1.54) is 7.11 Å². The van der Waals surface area contributed by atoms with Gasteiger partial charge in [-0.1, -0.05) is 47.6 Å². The van der Waals surface area contributed by atoms with Gasteiger partial charge >= 0.3 is 0 Å². The van der Waals surface area contributed by atoms with Crippen molar-refractivity contribution < 1.29 is 14.6 Å². The van der Waals surface area contributed by atoms with Crippen LogP contribution in [0.5, 0.6) is 11.5 Å². The molecule has 0 saturated heterocycles. The van der Waals surface area contributed by atoms with Crippen molar-refractivity contribution >= 4 is 6.29 Å². The number of ether oxygens (including phenoxy) is 1. The zero-order valence-electron chi connectivity index (χ0n) is 12.9. The minimum absolute atomic E-state index is 0.0603. The summed E-state index contributed by atoms with van der Waals surface area (Å²) in [7, 11) is 1.47. The zero-order chi connectivity index (χ0) is 15.0. The van der Waals surface area contributed by atoms with E-state index >= 15 is 0 Å². The van der Waals surface area contributed by atoms with Gasteiger partial charge < -0.3 is 9.84 Å². The molecule has 0 aromatic heterocycles. The van der Waals surface area contributed by atoms with Crippen molar-refractivity contribution in [2.24, 2.45) is 0 Å². The Morgan fingerprint density at radius 1 is 1.05 bits per heavy atom. The maximum absolute atomic E-state index is 11.4. The normalized spacial score (nSPS) is 12.4. The van der Waals surface area contributed by atoms with E-state index in [2.05, 4.69) is 0 Å². The predicted molar refractivity (Wildman–Crippen MR) is 77.4 cm³/mol. The van der Waals surface area contributed by atoms with Gasteiger partial charge in [0.15, 0.2) is 17.8 Å². The Morgan fingerprint density at radius 3 is 1.84 bits per heavy atom. The third-order valence-electron chi connectivity index (χ3n) is 3.23. The highest BCUT2D eigenvalue weighted by molar-refractivity contribution is 5.85. The first kappa shape index (κ1) is 15.5. The maximum atomic E-state index is 11.4. The molecule has 1 rings (SSSR count). The van der Waals surface area contributed by atoms with Crippen LogP contribution in [-0.2, 0) is 10.8 Å². The molecule has 1 N–H and O–H groups in total. The standard InChI is InChI=1S/C16H24O3/c1-15(2,3)11-8-12(16(4,5)6)13(18)14(19-7)10(11)9-17/h8-9,18H,1-7H3. The molecule has 0 aliphatic carbocycles. The summed E-state index contributed by atoms with van der Waals surface area (Å²) in [6.07, 6.45) is 0.756. The summed E-state index contributed by atoms with van der Waals surface area (Å²) < 4.78 is 5.26. The number of benzene rings is 1. The summed E-state index contributed by atoms with van der Waals surface area (Å²) in [5, 5.41) is 10.3. The molecule has 19 heavy (non-hydrogen) atoms. The van der Waals surface area contributed by atoms with E-state index in [0.717, 1.165) is 17.4 Å². The molecule has 0 aliphatic rings. The van der Waals surface area contributed by atoms with Crippen LogP contribution in [0.25, 0.3) is 0 Å². The number of methoxy groups -OCH3 is 1. The molecule has 0 spiro atoms. The summed E-state index contributed by atoms with van der Waals surface area (Å²) in [5.41, 5.74) is 1.69. The lowest BCUT2D eigenvalue weighted by Crippen LogP contribution is -2.19. The summed E-state index contributed by atoms with van der Waals surface area (Å²) in [4.78, 5) is 11.4. The van der Waals surface area contributed by atoms with Crippen molar-refractivity contribution in [2.75, 3.05) is 7.11 Å². The Bertz CT molecular complexity index is 488. The highest BCUT2D eigenvalue weighted by Gasteiger charge is 2.29. The molecular weight excluding hydrogens is 240 g/mol. The van der Waals surface area contributed by atoms with Crippen molar-refractivity contribution in [3.8, 4) is 11.5 Å². The van der Waals surface area contributed by atoms with Crippen molar-refractivity contribution in [1.29, 1.82) is 0 Å². The largest absolute Gasteiger partial charge is 0.504 e. The second-order valence-electron chi connectivity index (χ2n) is 6.89. The summed E-state index contributed by atoms with van der Waals surface area (Å²) >= 11 is 0. The van der Waals surface area contributed by atoms with Crippen LogP contribution in [0.3, 0.4) is 0 Å². The molecule has 1 aromatic rings. The third-order valence-corrected chi connectivity index (χ3v) is 3.23. The van der Waals surface area contributed by atoms with Gasteiger partial charge in [-0.25, -0.2) is 0 Å². The SMILES string of the molecule is COc1c(O)c(C(C)(C)C)cc(C(C)(C)C)c1C=O. The monoisotopic (exact) mass is 264 g/mol. The van der Waals surface area contributed by atoms with Crippen molar-refractivity contribution in [2.45, 2.75) is 52.4 Å². The number of carbonyl (C=O) groups is 1. The minimum Gasteiger partial charge on any atom is -0.504 e. The quantitative estimate of drug-likeness (QED) is 0.826. The zero-order valence-corrected chi connectivity index (χ0v) is 12.9. The molecule has 0 heterocycles. The number of phenols is 1. The fourth-order valence-electron chi connectivity index (χ4n) is 2.18. The van der Waals surface area contributed by atoms with E-state index in [9.17, 15) is 9.90 Å². The number of rotatable bonds is 2. The average molecular weight is 264 g/mol. The number of aldehydes is 1. The molecule has 1 aromatic carbocycles. The van der Waals surface area contributed by atoms with Gasteiger partial charge in [0.1, 0.15) is 0 Å². The topological polar surface area (TPSA) is 46.5 Å². The van der Waals surface area contributed by atoms with Crippen LogP contribution in [0.4, 0.5) is 0 Å². The molecule has 0 bridgehead atoms. The van der Waals surface area contributed by atoms with Crippen LogP contribution in [0.15, 0.2) is 6.07 Å². The molecule has 0 atom stereocenters. The van der Waals surface area contributed by atoms with E-state index < -0.39 is 0 Å². The maximum Gasteiger partial charge on any atom is 0.171 e. The fraction of sp³-hybridized carbons (Fsp3) is 0.562. The lowest BCUT2D eigenvalue weighted by molar-refractivity contribution is 0.111. The Hall–Kier alpha value is -1.51. The molecular formula is C16H24O3. The second kappa shape index (κ2) is 4.87. The van der Waals surface area contributed by atoms with Gasteiger partial charge in [0.2, 0.25) is 0 Å². The number of hydrogen-bond donors (Lipinski definition) is 1. The predicted octanol–water partition coefficient (Wildman–Crippen LogP) is 3.81. The smallest absolute Gasteiger partial charge is 0.171 e. The molecule has 0 radical (unpaired) electrons. The number of carbonyl (C=O) groups excluding carboxylic acids is 1. The molecule has 0 amide bonds. The van der Waals surface area contributed by atoms with E-state index in [4.69, 9.17) is 4.74 Å². The van der Waals surface area contributed by atoms with Crippen LogP contribution in [-0.4, -0.2) is 18.5 Å². The van der Waals surface area contributed by atoms with Gasteiger partial charge in [-0.15, -0.1) is 0 Å². The summed E-state index contributed by atoms with van der Waals surface area (Å²) in [6, 6.07) is 1.92. The average Bonchev–Trinajstić information content (AvgIpc) is 2.24. The molecule has 0 unspecified atom stereocenters. The Morgan fingerprint density at radius 2 is 1.53 bits per heavy atom. The molecule has 3 heteroatoms. The van der Waals surface area contributed by atoms with Crippen LogP contribution in [0.1, 0.15) is 63.0 Å². The fourth-order valence-corrected chi connectivity index (χ4v) is 2.18. The van der Waals surface area contributed by atoms with Crippen LogP contribution in [0, 0.1) is 0 Å². The minimum atomic E-state index is -0.223. The third kappa shape index (κ3) is 2.91. The Labute approximate surface area is 115 Å². The highest BCUT2D eigenvalue weighted by atomic mass is 16.5. The van der Waals surface area contributed by atoms with Gasteiger partial charge in [0.25, 0.3) is 0 Å². The van der Waals surface area contributed by atoms with Crippen LogP contribution >= 0.6 is 0 Å². The van der Waals surface area contributed by atoms with Crippen LogP contribution in [0.2, 0.25) is 0 Å². The van der Waals surface area contributed by atoms with Gasteiger partial charge in [0.05, 0.1) is 12.7 Å². The van der Waals surface area contributed by atoms with Gasteiger partial charge in [0, 0.05) is 5.56 Å². The van der Waals surface area contributed by atoms with Gasteiger partial charge in [-0.3, -0.25) is 4.79 Å². The summed E-state index contributed by atoms with van der Waals surface area (Å²) in [5.74, 6) is 0.331. The molecule has 106 valence electrons. The van der Waals surface area contributed by atoms with Gasteiger partial charge in [-0.05, 0) is 16.4 Å². The highest BCUT2D eigenvalue weighted by Crippen LogP contribution is 2.44. The van der Waals surface area contributed by atoms with E-state index in [1.807, 2.05) is 47.6 Å². The first-order chi connectivity index (χ1) is 8.54. The first-order valence-corrected chi connectivity index (χ1v) is 6.44. The van der Waals surface area contributed by atoms with Crippen molar-refractivity contribution in [3.63, 3.8) is 0 Å². The first-order valence-electron chi connectivity index (χ1n) is 6.44. The molecule has 0 aliphatic heterocycles. The molecule has 0 saturated carbocycles. The van der Waals surface area contributed by atoms with Crippen molar-refractivity contribution in [1.82, 2.24) is 0 Å². The van der Waals surface area contributed by atoms with Crippen LogP contribution < -0.4 is 4.74 Å². The lowest BCUT2D eigenvalue weighted by atomic mass is 9.77. The second-order valence-corrected chi connectivity index (χ2v) is 6.89. The number of aromatic hydroxyl groups is 1. The molecule has 0 fully saturated rings. The summed E-state index contributed by atoms with van der Waals surface area (Å²) in [6.45, 7) is 12.2. The van der Waals surface area contributed by atoms with E-state index in [0.29, 0.717) is 5.56 Å². The van der Waals surface area contributed by atoms with Crippen molar-refractivity contribution in [3.05, 3.63) is 22.8 Å². The Kier molecular flexibility index (Phi) is 3.99. The lowest BCUT2D eigenvalue weighted by Gasteiger charge is -2.28.